The van der Waals surface area contributed by atoms with E-state index in [1.165, 1.54) is 0 Å². The fraction of sp³-hybridized carbons (Fsp3) is 0.429. The average Bonchev–Trinajstić information content (AvgIpc) is 2.89. The summed E-state index contributed by atoms with van der Waals surface area (Å²) in [6.45, 7) is 3.43. The summed E-state index contributed by atoms with van der Waals surface area (Å²) in [6, 6.07) is 6.79. The number of benzene rings is 2. The zero-order valence-electron chi connectivity index (χ0n) is 21.3. The lowest BCUT2D eigenvalue weighted by Gasteiger charge is -2.39. The van der Waals surface area contributed by atoms with E-state index in [4.69, 9.17) is 4.74 Å². The third-order valence-corrected chi connectivity index (χ3v) is 8.49. The van der Waals surface area contributed by atoms with Gasteiger partial charge in [-0.3, -0.25) is 9.78 Å². The molecule has 2 aromatic carbocycles. The Labute approximate surface area is 223 Å². The number of aliphatic carboxylic acids is 1. The topological polar surface area (TPSA) is 82.9 Å². The summed E-state index contributed by atoms with van der Waals surface area (Å²) in [6.07, 6.45) is 2.25. The number of hydrogen-bond acceptors (Lipinski definition) is 6. The van der Waals surface area contributed by atoms with Gasteiger partial charge in [-0.15, -0.1) is 11.8 Å². The molecule has 0 amide bonds. The maximum atomic E-state index is 13.9. The molecular formula is C28H31F3N2O4S. The van der Waals surface area contributed by atoms with Gasteiger partial charge in [0.2, 0.25) is 0 Å². The number of hydrogen-bond donors (Lipinski definition) is 2. The van der Waals surface area contributed by atoms with Crippen molar-refractivity contribution < 1.29 is 32.9 Å². The van der Waals surface area contributed by atoms with E-state index < -0.39 is 34.9 Å². The summed E-state index contributed by atoms with van der Waals surface area (Å²) in [7, 11) is 1.57. The summed E-state index contributed by atoms with van der Waals surface area (Å²) >= 11 is 0.977. The van der Waals surface area contributed by atoms with Crippen LogP contribution in [0, 0.1) is 29.8 Å². The number of thioether (sulfide) groups is 1. The highest BCUT2D eigenvalue weighted by molar-refractivity contribution is 7.99. The number of ether oxygens (including phenoxy) is 1. The second-order valence-corrected chi connectivity index (χ2v) is 10.9. The second-order valence-electron chi connectivity index (χ2n) is 9.77. The van der Waals surface area contributed by atoms with Crippen molar-refractivity contribution in [1.29, 1.82) is 0 Å². The van der Waals surface area contributed by atoms with Crippen molar-refractivity contribution in [2.24, 2.45) is 5.41 Å². The standard InChI is InChI=1S/C28H31F3N2O4S/c1-17-16-32-23-4-3-19(37-2)15-20(23)25(17)24(34)5-6-28(27(35)36)7-9-33(10-8-28)11-12-38-26-21(30)13-18(29)14-22(26)31/h3-4,13-16,24,34H,5-12H2,1-2H3,(H,35,36). The van der Waals surface area contributed by atoms with Crippen molar-refractivity contribution in [3.63, 3.8) is 0 Å². The molecular weight excluding hydrogens is 517 g/mol. The summed E-state index contributed by atoms with van der Waals surface area (Å²) < 4.78 is 46.2. The quantitative estimate of drug-likeness (QED) is 0.313. The van der Waals surface area contributed by atoms with Gasteiger partial charge in [-0.05, 0) is 75.0 Å². The number of halogens is 3. The monoisotopic (exact) mass is 548 g/mol. The van der Waals surface area contributed by atoms with E-state index in [1.54, 1.807) is 19.4 Å². The third kappa shape index (κ3) is 6.08. The Morgan fingerprint density at radius 2 is 1.87 bits per heavy atom. The van der Waals surface area contributed by atoms with Crippen molar-refractivity contribution in [2.75, 3.05) is 32.5 Å². The van der Waals surface area contributed by atoms with E-state index in [0.29, 0.717) is 62.5 Å². The van der Waals surface area contributed by atoms with E-state index in [9.17, 15) is 28.2 Å². The average molecular weight is 549 g/mol. The first-order valence-electron chi connectivity index (χ1n) is 12.5. The zero-order valence-corrected chi connectivity index (χ0v) is 22.2. The van der Waals surface area contributed by atoms with Gasteiger partial charge in [0.25, 0.3) is 0 Å². The van der Waals surface area contributed by atoms with Crippen molar-refractivity contribution >= 4 is 28.6 Å². The number of aryl methyl sites for hydroxylation is 1. The zero-order chi connectivity index (χ0) is 27.4. The lowest BCUT2D eigenvalue weighted by atomic mass is 9.74. The third-order valence-electron chi connectivity index (χ3n) is 7.43. The number of aliphatic hydroxyl groups excluding tert-OH is 1. The van der Waals surface area contributed by atoms with Crippen LogP contribution >= 0.6 is 11.8 Å². The van der Waals surface area contributed by atoms with Gasteiger partial charge in [0, 0.05) is 36.0 Å². The van der Waals surface area contributed by atoms with E-state index in [1.807, 2.05) is 19.1 Å². The number of carboxylic acid groups (broad SMARTS) is 1. The molecule has 1 atom stereocenters. The highest BCUT2D eigenvalue weighted by Crippen LogP contribution is 2.40. The van der Waals surface area contributed by atoms with Crippen LogP contribution in [0.15, 0.2) is 41.4 Å². The number of rotatable bonds is 10. The predicted molar refractivity (Wildman–Crippen MR) is 140 cm³/mol. The van der Waals surface area contributed by atoms with Gasteiger partial charge in [0.15, 0.2) is 0 Å². The van der Waals surface area contributed by atoms with Crippen LogP contribution in [-0.4, -0.2) is 58.6 Å². The van der Waals surface area contributed by atoms with Gasteiger partial charge in [-0.2, -0.15) is 0 Å². The predicted octanol–water partition coefficient (Wildman–Crippen LogP) is 5.74. The molecule has 2 heterocycles. The molecule has 1 fully saturated rings. The molecule has 38 heavy (non-hydrogen) atoms. The van der Waals surface area contributed by atoms with Crippen molar-refractivity contribution in [1.82, 2.24) is 9.88 Å². The molecule has 1 aliphatic heterocycles. The van der Waals surface area contributed by atoms with E-state index in [0.717, 1.165) is 33.8 Å². The fourth-order valence-electron chi connectivity index (χ4n) is 5.14. The van der Waals surface area contributed by atoms with Crippen LogP contribution in [0.4, 0.5) is 13.2 Å². The van der Waals surface area contributed by atoms with Crippen LogP contribution in [0.1, 0.15) is 42.9 Å². The molecule has 0 radical (unpaired) electrons. The first-order chi connectivity index (χ1) is 18.1. The Kier molecular flexibility index (Phi) is 8.85. The van der Waals surface area contributed by atoms with Crippen LogP contribution in [0.2, 0.25) is 0 Å². The molecule has 2 N–H and O–H groups in total. The van der Waals surface area contributed by atoms with Gasteiger partial charge in [-0.1, -0.05) is 0 Å². The molecule has 1 saturated heterocycles. The molecule has 1 aliphatic rings. The summed E-state index contributed by atoms with van der Waals surface area (Å²) in [5.74, 6) is -2.66. The second kappa shape index (κ2) is 11.9. The number of aliphatic hydroxyl groups is 1. The number of piperidine rings is 1. The first-order valence-corrected chi connectivity index (χ1v) is 13.5. The largest absolute Gasteiger partial charge is 0.497 e. The maximum absolute atomic E-state index is 13.9. The minimum Gasteiger partial charge on any atom is -0.497 e. The lowest BCUT2D eigenvalue weighted by molar-refractivity contribution is -0.153. The van der Waals surface area contributed by atoms with Crippen LogP contribution in [0.5, 0.6) is 5.75 Å². The highest BCUT2D eigenvalue weighted by Gasteiger charge is 2.41. The fourth-order valence-corrected chi connectivity index (χ4v) is 6.08. The van der Waals surface area contributed by atoms with Crippen LogP contribution in [0.25, 0.3) is 10.9 Å². The number of carbonyl (C=O) groups is 1. The molecule has 3 aromatic rings. The smallest absolute Gasteiger partial charge is 0.309 e. The molecule has 0 bridgehead atoms. The molecule has 0 saturated carbocycles. The Balaban J connectivity index is 1.37. The minimum atomic E-state index is -0.964. The van der Waals surface area contributed by atoms with Crippen molar-refractivity contribution in [3.05, 3.63) is 65.1 Å². The van der Waals surface area contributed by atoms with E-state index in [-0.39, 0.29) is 11.3 Å². The van der Waals surface area contributed by atoms with E-state index in [2.05, 4.69) is 9.88 Å². The summed E-state index contributed by atoms with van der Waals surface area (Å²) in [5, 5.41) is 22.1. The maximum Gasteiger partial charge on any atom is 0.309 e. The van der Waals surface area contributed by atoms with Gasteiger partial charge in [0.05, 0.1) is 29.0 Å². The van der Waals surface area contributed by atoms with Crippen LogP contribution in [-0.2, 0) is 4.79 Å². The number of carboxylic acids is 1. The van der Waals surface area contributed by atoms with Gasteiger partial charge < -0.3 is 19.8 Å². The Morgan fingerprint density at radius 1 is 1.18 bits per heavy atom. The normalized spacial score (nSPS) is 16.5. The molecule has 6 nitrogen and oxygen atoms in total. The molecule has 4 rings (SSSR count). The number of aromatic nitrogens is 1. The molecule has 204 valence electrons. The van der Waals surface area contributed by atoms with E-state index >= 15 is 0 Å². The molecule has 0 aliphatic carbocycles. The number of pyridine rings is 1. The van der Waals surface area contributed by atoms with Gasteiger partial charge in [-0.25, -0.2) is 13.2 Å². The van der Waals surface area contributed by atoms with Crippen LogP contribution < -0.4 is 4.74 Å². The number of methoxy groups -OCH3 is 1. The summed E-state index contributed by atoms with van der Waals surface area (Å²) in [5.41, 5.74) is 1.31. The van der Waals surface area contributed by atoms with Gasteiger partial charge in [0.1, 0.15) is 23.2 Å². The molecule has 1 aromatic heterocycles. The number of fused-ring (bicyclic) bond motifs is 1. The number of likely N-dealkylation sites (tertiary alicyclic amines) is 1. The first kappa shape index (κ1) is 28.2. The molecule has 10 heteroatoms. The minimum absolute atomic E-state index is 0.214. The van der Waals surface area contributed by atoms with Gasteiger partial charge >= 0.3 is 5.97 Å². The Bertz CT molecular complexity index is 1290. The lowest BCUT2D eigenvalue weighted by Crippen LogP contribution is -2.45. The highest BCUT2D eigenvalue weighted by atomic mass is 32.2. The van der Waals surface area contributed by atoms with Crippen molar-refractivity contribution in [2.45, 2.75) is 43.6 Å². The number of nitrogens with zero attached hydrogens (tertiary/aromatic N) is 2. The molecule has 1 unspecified atom stereocenters. The Morgan fingerprint density at radius 3 is 2.50 bits per heavy atom. The van der Waals surface area contributed by atoms with Crippen LogP contribution in [0.3, 0.4) is 0 Å². The SMILES string of the molecule is COc1ccc2ncc(C)c(C(O)CCC3(C(=O)O)CCN(CCSc4c(F)cc(F)cc4F)CC3)c2c1. The summed E-state index contributed by atoms with van der Waals surface area (Å²) in [4.78, 5) is 18.6. The molecule has 0 spiro atoms. The Hall–Kier alpha value is -2.82. The van der Waals surface area contributed by atoms with Crippen molar-refractivity contribution in [3.8, 4) is 5.75 Å².